The van der Waals surface area contributed by atoms with Crippen LogP contribution < -0.4 is 80.9 Å². The van der Waals surface area contributed by atoms with E-state index >= 15 is 9.00 Å². The lowest BCUT2D eigenvalue weighted by Gasteiger charge is -2.32. The number of rotatable bonds is 57. The molecule has 6 rings (SSSR count). The van der Waals surface area contributed by atoms with Gasteiger partial charge >= 0.3 is 12.1 Å². The Bertz CT molecular complexity index is 4550. The van der Waals surface area contributed by atoms with Gasteiger partial charge in [0.25, 0.3) is 5.91 Å². The van der Waals surface area contributed by atoms with E-state index in [-0.39, 0.29) is 113 Å². The predicted molar refractivity (Wildman–Crippen MR) is 518 cm³/mol. The standard InChI is InChI=1S/C89H140N18O28S4/c1-9-54(4)64-38-61(109)42-95-80(116)57-36-65-63-16-17-74(126-6)66(79(63)104-86(65)139(125)52-70(100-76(114)43-96-81(64)117)84(120)102-69(40-75(91)113)87(122)107-45-62(110)39-71(107)85(121)103-78(72(111)37-57)55(5)73(112)46-108)51-138-34-33-133-32-31-132-30-29-131-28-27-130-26-25-129-24-23-128-22-21-127-20-19-106(93)44-58(90)41-97-89(124)134-47-56-12-14-59(15-13-56)98-82(118)67(11-10-18-94-88(92)123)101-83(119)68(35-53(2)3)99-77(115)48-135-105-60(49-136-7)50-137-8/h12-17,44,53-55,57,62,64,67-71,73,78,104,108,110,112H,9-11,18-43,45-52,90,93H2,1-8H3,(H2,91,113)(H,95,116)(H,96,117)(H,97,124)(H,98,118)(H,99,115)(H,100,114)(H,101,119)(H,102,120)(H,103,121)(H3,92,94,123)/b58-44-/t54-,55-,57+,62+,64-,67-,68-,69-,70?,71-,73-,78-,139?/m0/s1. The maximum atomic E-state index is 15.4. The highest BCUT2D eigenvalue weighted by atomic mass is 32.2. The summed E-state index contributed by atoms with van der Waals surface area (Å²) in [6, 6.07) is -0.110. The molecule has 3 aliphatic heterocycles. The maximum absolute atomic E-state index is 15.4. The van der Waals surface area contributed by atoms with Crippen LogP contribution in [0.1, 0.15) is 103 Å². The Labute approximate surface area is 823 Å². The molecule has 139 heavy (non-hydrogen) atoms. The second kappa shape index (κ2) is 64.4. The third-order valence-electron chi connectivity index (χ3n) is 22.3. The summed E-state index contributed by atoms with van der Waals surface area (Å²) < 4.78 is 66.2. The van der Waals surface area contributed by atoms with Crippen LogP contribution in [0.5, 0.6) is 5.75 Å². The van der Waals surface area contributed by atoms with Gasteiger partial charge in [-0.15, -0.1) is 0 Å². The van der Waals surface area contributed by atoms with Crippen molar-refractivity contribution in [2.45, 2.75) is 158 Å². The van der Waals surface area contributed by atoms with Gasteiger partial charge in [-0.05, 0) is 85.4 Å². The Morgan fingerprint density at radius 1 is 0.734 bits per heavy atom. The predicted octanol–water partition coefficient (Wildman–Crippen LogP) is -1.68. The number of aromatic amines is 1. The monoisotopic (exact) mass is 2040 g/mol. The van der Waals surface area contributed by atoms with E-state index in [2.05, 4.69) is 63.3 Å². The van der Waals surface area contributed by atoms with Gasteiger partial charge in [-0.25, -0.2) is 15.4 Å². The number of nitrogens with two attached hydrogens (primary N) is 4. The maximum Gasteiger partial charge on any atom is 0.407 e. The molecule has 3 aliphatic rings. The molecular formula is C89H140N18O28S4. The van der Waals surface area contributed by atoms with Gasteiger partial charge in [-0.1, -0.05) is 58.3 Å². The molecule has 50 heteroatoms. The number of alkyl carbamates (subject to hydrolysis) is 1. The molecule has 4 heterocycles. The van der Waals surface area contributed by atoms with Crippen molar-refractivity contribution in [1.29, 1.82) is 0 Å². The lowest BCUT2D eigenvalue weighted by Crippen LogP contribution is -2.60. The zero-order chi connectivity index (χ0) is 102. The molecule has 0 aliphatic carbocycles. The Balaban J connectivity index is 0.890. The summed E-state index contributed by atoms with van der Waals surface area (Å²) in [5.74, 6) is -6.79. The molecule has 13 amide bonds. The number of amides is 13. The van der Waals surface area contributed by atoms with Gasteiger partial charge in [0.2, 0.25) is 53.2 Å². The molecule has 2 aromatic carbocycles. The van der Waals surface area contributed by atoms with Crippen LogP contribution in [0, 0.1) is 29.6 Å². The number of aliphatic hydroxyl groups is 3. The number of primary amides is 2. The molecule has 22 N–H and O–H groups in total. The van der Waals surface area contributed by atoms with Crippen LogP contribution in [0.2, 0.25) is 0 Å². The molecule has 0 spiro atoms. The van der Waals surface area contributed by atoms with Crippen molar-refractivity contribution >= 4 is 151 Å². The highest BCUT2D eigenvalue weighted by molar-refractivity contribution is 8.00. The van der Waals surface area contributed by atoms with Crippen LogP contribution in [0.25, 0.3) is 10.9 Å². The van der Waals surface area contributed by atoms with Crippen LogP contribution in [0.4, 0.5) is 15.3 Å². The van der Waals surface area contributed by atoms with Crippen molar-refractivity contribution in [1.82, 2.24) is 62.7 Å². The molecule has 13 atom stereocenters. The normalized spacial score (nSPS) is 19.9. The minimum Gasteiger partial charge on any atom is -0.496 e. The fourth-order valence-corrected chi connectivity index (χ4v) is 18.2. The molecule has 1 aromatic heterocycles. The Morgan fingerprint density at radius 2 is 1.36 bits per heavy atom. The molecule has 46 nitrogen and oxygen atoms in total. The van der Waals surface area contributed by atoms with Crippen molar-refractivity contribution in [3.8, 4) is 5.75 Å². The number of oxime groups is 1. The number of fused-ring (bicyclic) bond motifs is 5. The number of ether oxygens (including phenoxy) is 9. The number of carbonyl (C=O) groups excluding carboxylic acids is 14. The van der Waals surface area contributed by atoms with Crippen molar-refractivity contribution in [3.63, 3.8) is 0 Å². The molecule has 3 aromatic rings. The molecular weight excluding hydrogens is 1900 g/mol. The lowest BCUT2D eigenvalue weighted by molar-refractivity contribution is -0.144. The van der Waals surface area contributed by atoms with Crippen LogP contribution in [0.15, 0.2) is 58.5 Å². The first-order valence-corrected chi connectivity index (χ1v) is 51.2. The minimum atomic E-state index is -2.43. The van der Waals surface area contributed by atoms with Crippen molar-refractivity contribution < 1.29 is 134 Å². The van der Waals surface area contributed by atoms with E-state index in [0.29, 0.717) is 110 Å². The Morgan fingerprint density at radius 3 is 1.96 bits per heavy atom. The van der Waals surface area contributed by atoms with Gasteiger partial charge in [0.15, 0.2) is 18.2 Å². The van der Waals surface area contributed by atoms with E-state index in [1.54, 1.807) is 73.8 Å². The van der Waals surface area contributed by atoms with Gasteiger partial charge in [-0.2, -0.15) is 35.3 Å². The SMILES string of the molecule is CC[C@H](C)[C@@H]1CC(=O)CNC(=O)[C@H]2CC(=O)[C@H]([C@@H](C)[C@@H](O)CO)NC(=O)[C@@H]3C[C@@H](O)CN3C(=O)[C@H](CC(N)=O)NC(=O)C(CS(=O)c3[nH]c4c(CSCCOCCOCCOCCOCCOCCOCCOCCN(N)/C=C(\N)CNC(=O)OCc5ccc(NC(=O)[C@H](CCCNC(N)=O)NC(=O)[C@H](CC(C)C)NC(=O)CON=C(CSC)CSC)cc5)c(OC)ccc4c3C2)NC(=O)CNC1=O. The fraction of sp³-hybridized carbons (Fsp3) is 0.652. The molecule has 1 saturated heterocycles. The first-order valence-electron chi connectivity index (χ1n) is 45.9. The fourth-order valence-electron chi connectivity index (χ4n) is 14.8. The quantitative estimate of drug-likeness (QED) is 0.0130. The van der Waals surface area contributed by atoms with Gasteiger partial charge in [0, 0.05) is 102 Å². The number of anilines is 1. The number of hydrogen-bond acceptors (Lipinski definition) is 35. The zero-order valence-corrected chi connectivity index (χ0v) is 83.3. The number of hydrogen-bond donors (Lipinski definition) is 18. The smallest absolute Gasteiger partial charge is 0.407 e. The van der Waals surface area contributed by atoms with Crippen LogP contribution in [-0.2, 0) is 130 Å². The number of urea groups is 1. The number of thioether (sulfide) groups is 3. The number of nitrogens with one attached hydrogen (secondary N) is 11. The van der Waals surface area contributed by atoms with E-state index in [9.17, 15) is 77.6 Å². The average molecular weight is 2040 g/mol. The van der Waals surface area contributed by atoms with Crippen molar-refractivity contribution in [3.05, 3.63) is 65.0 Å². The first-order chi connectivity index (χ1) is 66.6. The molecule has 778 valence electrons. The summed E-state index contributed by atoms with van der Waals surface area (Å²) in [6.07, 6.45) is -0.288. The van der Waals surface area contributed by atoms with Gasteiger partial charge in [0.1, 0.15) is 47.6 Å². The number of hydrazine groups is 1. The average Bonchev–Trinajstić information content (AvgIpc) is 1.61. The molecule has 1 fully saturated rings. The highest BCUT2D eigenvalue weighted by Crippen LogP contribution is 2.38. The summed E-state index contributed by atoms with van der Waals surface area (Å²) in [5.41, 5.74) is 20.0. The molecule has 0 saturated carbocycles. The van der Waals surface area contributed by atoms with Crippen molar-refractivity contribution in [2.75, 3.05) is 193 Å². The van der Waals surface area contributed by atoms with Crippen LogP contribution in [0.3, 0.4) is 0 Å². The summed E-state index contributed by atoms with van der Waals surface area (Å²) in [6.45, 7) is 9.76. The summed E-state index contributed by atoms with van der Waals surface area (Å²) in [7, 11) is -0.991. The number of aliphatic hydroxyl groups excluding tert-OH is 3. The second-order valence-electron chi connectivity index (χ2n) is 33.6. The first kappa shape index (κ1) is 118. The lowest BCUT2D eigenvalue weighted by atomic mass is 9.85. The van der Waals surface area contributed by atoms with E-state index in [1.165, 1.54) is 37.0 Å². The second-order valence-corrected chi connectivity index (χ2v) is 37.9. The number of methoxy groups -OCH3 is 1. The molecule has 2 bridgehead atoms. The largest absolute Gasteiger partial charge is 0.496 e. The number of carbonyl (C=O) groups is 14. The van der Waals surface area contributed by atoms with Gasteiger partial charge in [0.05, 0.1) is 185 Å². The number of nitrogens with zero attached hydrogens (tertiary/aromatic N) is 3. The summed E-state index contributed by atoms with van der Waals surface area (Å²) in [5, 5.41) is 63.8. The number of benzene rings is 2. The van der Waals surface area contributed by atoms with E-state index < -0.39 is 236 Å². The van der Waals surface area contributed by atoms with E-state index in [1.807, 2.05) is 26.4 Å². The van der Waals surface area contributed by atoms with E-state index in [0.717, 1.165) is 10.6 Å². The molecule has 2 unspecified atom stereocenters. The van der Waals surface area contributed by atoms with Crippen LogP contribution in [-0.4, -0.2) is 359 Å². The Hall–Kier alpha value is -10.1. The summed E-state index contributed by atoms with van der Waals surface area (Å²) in [4.78, 5) is 202. The number of H-pyrrole nitrogens is 1. The third-order valence-corrected chi connectivity index (χ3v) is 25.9. The topological polar surface area (TPSA) is 668 Å². The number of aromatic nitrogens is 1. The van der Waals surface area contributed by atoms with E-state index in [4.69, 9.17) is 70.5 Å². The summed E-state index contributed by atoms with van der Waals surface area (Å²) >= 11 is 4.58. The molecule has 0 radical (unpaired) electrons. The highest BCUT2D eigenvalue weighted by Gasteiger charge is 2.46. The minimum absolute atomic E-state index is 0.0138. The van der Waals surface area contributed by atoms with Crippen molar-refractivity contribution in [2.24, 2.45) is 57.8 Å². The number of ketones is 2. The Kier molecular flexibility index (Phi) is 54.5. The zero-order valence-electron chi connectivity index (χ0n) is 80.0. The van der Waals surface area contributed by atoms with Gasteiger partial charge in [-0.3, -0.25) is 61.7 Å². The number of Topliss-reactive ketones (excluding diaryl/α,β-unsaturated/α-hetero) is 2. The third kappa shape index (κ3) is 42.7. The van der Waals surface area contributed by atoms with Gasteiger partial charge < -0.3 is 148 Å². The van der Waals surface area contributed by atoms with Crippen LogP contribution >= 0.6 is 35.3 Å².